The van der Waals surface area contributed by atoms with Crippen molar-refractivity contribution in [3.8, 4) is 0 Å². The monoisotopic (exact) mass is 299 g/mol. The van der Waals surface area contributed by atoms with Crippen molar-refractivity contribution in [2.24, 2.45) is 5.10 Å². The molecule has 0 aromatic carbocycles. The standard InChI is InChI=1S/C12H19N4O5/c1-6(15-16(3)7(2)18)12-13-4-8(14-12)10(20)11(21)9(19)5-17/h4,9-11,17,19-21H,3,5H2,1-2H3,(H,13,14)/q+1. The molecule has 0 aliphatic carbocycles. The van der Waals surface area contributed by atoms with Crippen molar-refractivity contribution in [2.45, 2.75) is 32.2 Å². The molecule has 0 saturated heterocycles. The van der Waals surface area contributed by atoms with Crippen LogP contribution in [0.1, 0.15) is 31.5 Å². The van der Waals surface area contributed by atoms with E-state index in [4.69, 9.17) is 5.11 Å². The molecule has 21 heavy (non-hydrogen) atoms. The van der Waals surface area contributed by atoms with Gasteiger partial charge in [0.2, 0.25) is 0 Å². The zero-order chi connectivity index (χ0) is 16.2. The molecule has 0 aliphatic heterocycles. The number of nitrogens with one attached hydrogen (secondary N) is 1. The normalized spacial score (nSPS) is 16.4. The summed E-state index contributed by atoms with van der Waals surface area (Å²) >= 11 is 0. The number of hydrogen-bond acceptors (Lipinski definition) is 7. The number of carbonyl (C=O) groups is 1. The van der Waals surface area contributed by atoms with Crippen molar-refractivity contribution in [2.75, 3.05) is 6.61 Å². The van der Waals surface area contributed by atoms with Crippen LogP contribution in [0.25, 0.3) is 0 Å². The summed E-state index contributed by atoms with van der Waals surface area (Å²) in [5, 5.41) is 41.3. The van der Waals surface area contributed by atoms with E-state index in [1.54, 1.807) is 6.92 Å². The summed E-state index contributed by atoms with van der Waals surface area (Å²) in [5.74, 6) is -0.0905. The van der Waals surface area contributed by atoms with Crippen molar-refractivity contribution in [1.29, 1.82) is 0 Å². The molecule has 0 aliphatic rings. The Labute approximate surface area is 120 Å². The summed E-state index contributed by atoms with van der Waals surface area (Å²) in [5.41, 5.74) is 0.480. The number of aliphatic hydroxyl groups excluding tert-OH is 4. The summed E-state index contributed by atoms with van der Waals surface area (Å²) < 4.78 is 0.887. The van der Waals surface area contributed by atoms with Gasteiger partial charge in [0, 0.05) is 5.10 Å². The fourth-order valence-electron chi connectivity index (χ4n) is 1.47. The Balaban J connectivity index is 2.91. The molecule has 1 rings (SSSR count). The van der Waals surface area contributed by atoms with E-state index < -0.39 is 24.9 Å². The first-order valence-corrected chi connectivity index (χ1v) is 6.14. The third kappa shape index (κ3) is 4.26. The lowest BCUT2D eigenvalue weighted by Gasteiger charge is -2.20. The fourth-order valence-corrected chi connectivity index (χ4v) is 1.47. The minimum atomic E-state index is -1.57. The van der Waals surface area contributed by atoms with Crippen LogP contribution in [0.5, 0.6) is 0 Å². The minimum Gasteiger partial charge on any atom is -0.394 e. The van der Waals surface area contributed by atoms with Crippen molar-refractivity contribution in [1.82, 2.24) is 9.97 Å². The van der Waals surface area contributed by atoms with Gasteiger partial charge >= 0.3 is 5.91 Å². The molecule has 1 heterocycles. The molecule has 1 aromatic heterocycles. The maximum Gasteiger partial charge on any atom is 0.413 e. The molecule has 116 valence electrons. The molecule has 3 unspecified atom stereocenters. The molecule has 5 N–H and O–H groups in total. The molecule has 0 saturated carbocycles. The molecule has 0 radical (unpaired) electrons. The number of imidazole rings is 1. The summed E-state index contributed by atoms with van der Waals surface area (Å²) in [4.78, 5) is 17.7. The number of rotatable bonds is 6. The van der Waals surface area contributed by atoms with E-state index in [2.05, 4.69) is 21.8 Å². The number of nitrogens with zero attached hydrogens (tertiary/aromatic N) is 3. The zero-order valence-corrected chi connectivity index (χ0v) is 11.8. The second-order valence-corrected chi connectivity index (χ2v) is 4.48. The third-order valence-electron chi connectivity index (χ3n) is 2.80. The molecule has 1 amide bonds. The van der Waals surface area contributed by atoms with E-state index in [0.29, 0.717) is 5.71 Å². The van der Waals surface area contributed by atoms with Gasteiger partial charge in [0.05, 0.1) is 25.4 Å². The molecule has 1 aromatic rings. The van der Waals surface area contributed by atoms with Crippen LogP contribution in [0.2, 0.25) is 0 Å². The maximum absolute atomic E-state index is 11.0. The number of aliphatic hydroxyl groups is 4. The smallest absolute Gasteiger partial charge is 0.394 e. The summed E-state index contributed by atoms with van der Waals surface area (Å²) in [6.07, 6.45) is -3.24. The lowest BCUT2D eigenvalue weighted by atomic mass is 10.1. The first-order valence-electron chi connectivity index (χ1n) is 6.14. The first-order chi connectivity index (χ1) is 9.77. The van der Waals surface area contributed by atoms with Crippen molar-refractivity contribution in [3.63, 3.8) is 0 Å². The van der Waals surface area contributed by atoms with Crippen molar-refractivity contribution >= 4 is 18.3 Å². The van der Waals surface area contributed by atoms with Crippen molar-refractivity contribution < 1.29 is 29.9 Å². The van der Waals surface area contributed by atoms with Gasteiger partial charge in [0.15, 0.2) is 12.5 Å². The van der Waals surface area contributed by atoms with Crippen LogP contribution in [0.4, 0.5) is 0 Å². The quantitative estimate of drug-likeness (QED) is 0.237. The van der Waals surface area contributed by atoms with Crippen LogP contribution in [-0.4, -0.2) is 72.2 Å². The lowest BCUT2D eigenvalue weighted by Crippen LogP contribution is -2.34. The molecule has 0 spiro atoms. The Morgan fingerprint density at radius 2 is 2.10 bits per heavy atom. The van der Waals surface area contributed by atoms with Gasteiger partial charge in [-0.3, -0.25) is 0 Å². The van der Waals surface area contributed by atoms with Gasteiger partial charge in [-0.1, -0.05) is 0 Å². The Morgan fingerprint density at radius 1 is 1.48 bits per heavy atom. The second-order valence-electron chi connectivity index (χ2n) is 4.48. The Bertz CT molecular complexity index is 554. The SMILES string of the molecule is C=[N+](N=C(C)c1ncc(C(O)C(O)C(O)CO)[nH]1)C(C)=O. The maximum atomic E-state index is 11.0. The molecule has 9 nitrogen and oxygen atoms in total. The van der Waals surface area contributed by atoms with Crippen LogP contribution in [0, 0.1) is 0 Å². The topological polar surface area (TPSA) is 142 Å². The minimum absolute atomic E-state index is 0.137. The highest BCUT2D eigenvalue weighted by molar-refractivity contribution is 5.95. The molecule has 9 heteroatoms. The van der Waals surface area contributed by atoms with Gasteiger partial charge in [0.1, 0.15) is 24.0 Å². The van der Waals surface area contributed by atoms with E-state index in [0.717, 1.165) is 4.68 Å². The highest BCUT2D eigenvalue weighted by Gasteiger charge is 2.27. The van der Waals surface area contributed by atoms with Crippen LogP contribution < -0.4 is 0 Å². The average Bonchev–Trinajstić information content (AvgIpc) is 2.94. The molecule has 0 fully saturated rings. The predicted molar refractivity (Wildman–Crippen MR) is 72.9 cm³/mol. The average molecular weight is 299 g/mol. The predicted octanol–water partition coefficient (Wildman–Crippen LogP) is -1.86. The molecule has 3 atom stereocenters. The first kappa shape index (κ1) is 17.1. The number of aromatic amines is 1. The number of amides is 1. The lowest BCUT2D eigenvalue weighted by molar-refractivity contribution is -0.443. The number of H-pyrrole nitrogens is 1. The number of hydrogen-bond donors (Lipinski definition) is 5. The number of aromatic nitrogens is 2. The highest BCUT2D eigenvalue weighted by atomic mass is 16.4. The van der Waals surface area contributed by atoms with Gasteiger partial charge in [-0.25, -0.2) is 9.78 Å². The summed E-state index contributed by atoms with van der Waals surface area (Å²) in [6.45, 7) is 5.60. The number of carbonyl (C=O) groups excluding carboxylic acids is 1. The molecular weight excluding hydrogens is 280 g/mol. The molecular formula is C12H19N4O5+. The van der Waals surface area contributed by atoms with E-state index in [-0.39, 0.29) is 17.4 Å². The van der Waals surface area contributed by atoms with E-state index in [9.17, 15) is 20.1 Å². The molecule has 0 bridgehead atoms. The van der Waals surface area contributed by atoms with Gasteiger partial charge in [-0.05, 0) is 11.6 Å². The zero-order valence-electron chi connectivity index (χ0n) is 11.8. The van der Waals surface area contributed by atoms with Crippen LogP contribution in [-0.2, 0) is 4.79 Å². The van der Waals surface area contributed by atoms with Gasteiger partial charge in [-0.15, -0.1) is 0 Å². The Hall–Kier alpha value is -1.94. The van der Waals surface area contributed by atoms with Crippen LogP contribution in [0.3, 0.4) is 0 Å². The van der Waals surface area contributed by atoms with E-state index in [1.165, 1.54) is 13.1 Å². The van der Waals surface area contributed by atoms with Gasteiger partial charge in [-0.2, -0.15) is 0 Å². The summed E-state index contributed by atoms with van der Waals surface area (Å²) in [6, 6.07) is 0. The Kier molecular flexibility index (Phi) is 5.85. The highest BCUT2D eigenvalue weighted by Crippen LogP contribution is 2.17. The van der Waals surface area contributed by atoms with E-state index >= 15 is 0 Å². The Morgan fingerprint density at radius 3 is 2.62 bits per heavy atom. The third-order valence-corrected chi connectivity index (χ3v) is 2.80. The van der Waals surface area contributed by atoms with Crippen LogP contribution >= 0.6 is 0 Å². The van der Waals surface area contributed by atoms with Gasteiger partial charge < -0.3 is 25.4 Å². The largest absolute Gasteiger partial charge is 0.413 e. The van der Waals surface area contributed by atoms with Crippen molar-refractivity contribution in [3.05, 3.63) is 17.7 Å². The van der Waals surface area contributed by atoms with Crippen LogP contribution in [0.15, 0.2) is 11.3 Å². The fraction of sp³-hybridized carbons (Fsp3) is 0.500. The summed E-state index contributed by atoms with van der Waals surface area (Å²) in [7, 11) is 0. The van der Waals surface area contributed by atoms with E-state index in [1.807, 2.05) is 0 Å². The van der Waals surface area contributed by atoms with Gasteiger partial charge in [0.25, 0.3) is 0 Å². The second kappa shape index (κ2) is 7.18. The number of hydrazone groups is 1.